The molecule has 0 fully saturated rings. The number of rotatable bonds is 7. The van der Waals surface area contributed by atoms with Crippen LogP contribution in [-0.2, 0) is 14.3 Å². The highest BCUT2D eigenvalue weighted by Crippen LogP contribution is 2.19. The van der Waals surface area contributed by atoms with Crippen LogP contribution < -0.4 is 11.1 Å². The summed E-state index contributed by atoms with van der Waals surface area (Å²) in [4.78, 5) is 11.6. The predicted molar refractivity (Wildman–Crippen MR) is 71.5 cm³/mol. The summed E-state index contributed by atoms with van der Waals surface area (Å²) in [6.07, 6.45) is 0.774. The zero-order chi connectivity index (χ0) is 13.4. The van der Waals surface area contributed by atoms with E-state index in [1.54, 1.807) is 13.2 Å². The average Bonchev–Trinajstić information content (AvgIpc) is 2.32. The summed E-state index contributed by atoms with van der Waals surface area (Å²) in [6.45, 7) is 3.11. The lowest BCUT2D eigenvalue weighted by molar-refractivity contribution is -0.120. The number of carbonyl (C=O) groups excluding carboxylic acids is 1. The largest absolute Gasteiger partial charge is 0.397 e. The minimum absolute atomic E-state index is 0.0248. The number of nitrogens with one attached hydrogen (secondary N) is 1. The van der Waals surface area contributed by atoms with Gasteiger partial charge in [0.05, 0.1) is 11.4 Å². The van der Waals surface area contributed by atoms with E-state index in [9.17, 15) is 4.79 Å². The number of hydrogen-bond donors (Lipinski definition) is 2. The van der Waals surface area contributed by atoms with Gasteiger partial charge < -0.3 is 20.5 Å². The lowest BCUT2D eigenvalue weighted by atomic mass is 10.2. The van der Waals surface area contributed by atoms with Gasteiger partial charge in [-0.25, -0.2) is 0 Å². The third-order valence-electron chi connectivity index (χ3n) is 2.35. The molecule has 1 aromatic rings. The number of hydrogen-bond acceptors (Lipinski definition) is 4. The fourth-order valence-electron chi connectivity index (χ4n) is 1.45. The zero-order valence-electron chi connectivity index (χ0n) is 10.9. The Hall–Kier alpha value is -1.59. The molecular formula is C13H20N2O3. The standard InChI is InChI=1S/C13H20N2O3/c1-10-4-5-12(11(14)8-10)15-13(16)9-18-7-3-6-17-2/h4-5,8H,3,6-7,9,14H2,1-2H3,(H,15,16). The summed E-state index contributed by atoms with van der Waals surface area (Å²) in [5, 5.41) is 2.71. The summed E-state index contributed by atoms with van der Waals surface area (Å²) in [6, 6.07) is 5.49. The summed E-state index contributed by atoms with van der Waals surface area (Å²) in [5.41, 5.74) is 8.02. The van der Waals surface area contributed by atoms with Crippen molar-refractivity contribution in [1.82, 2.24) is 0 Å². The number of ether oxygens (including phenoxy) is 2. The van der Waals surface area contributed by atoms with Gasteiger partial charge in [-0.1, -0.05) is 6.07 Å². The van der Waals surface area contributed by atoms with Gasteiger partial charge in [-0.2, -0.15) is 0 Å². The molecule has 0 saturated heterocycles. The van der Waals surface area contributed by atoms with Crippen LogP contribution in [0.4, 0.5) is 11.4 Å². The summed E-state index contributed by atoms with van der Waals surface area (Å²) < 4.78 is 10.1. The maximum atomic E-state index is 11.6. The number of carbonyl (C=O) groups is 1. The van der Waals surface area contributed by atoms with Crippen molar-refractivity contribution in [2.75, 3.05) is 38.0 Å². The number of nitrogen functional groups attached to an aromatic ring is 1. The van der Waals surface area contributed by atoms with E-state index in [1.807, 2.05) is 19.1 Å². The van der Waals surface area contributed by atoms with E-state index in [2.05, 4.69) is 5.32 Å². The average molecular weight is 252 g/mol. The quantitative estimate of drug-likeness (QED) is 0.570. The first-order valence-electron chi connectivity index (χ1n) is 5.86. The molecule has 0 bridgehead atoms. The van der Waals surface area contributed by atoms with Crippen LogP contribution in [0.2, 0.25) is 0 Å². The van der Waals surface area contributed by atoms with Gasteiger partial charge in [-0.15, -0.1) is 0 Å². The minimum Gasteiger partial charge on any atom is -0.397 e. The third kappa shape index (κ3) is 5.16. The highest BCUT2D eigenvalue weighted by atomic mass is 16.5. The Morgan fingerprint density at radius 3 is 2.83 bits per heavy atom. The molecule has 0 heterocycles. The van der Waals surface area contributed by atoms with Gasteiger partial charge in [0.25, 0.3) is 0 Å². The van der Waals surface area contributed by atoms with Crippen LogP contribution in [0, 0.1) is 6.92 Å². The van der Waals surface area contributed by atoms with E-state index in [4.69, 9.17) is 15.2 Å². The molecule has 0 aliphatic heterocycles. The molecule has 1 aromatic carbocycles. The van der Waals surface area contributed by atoms with Crippen LogP contribution in [0.3, 0.4) is 0 Å². The molecule has 0 saturated carbocycles. The molecule has 1 amide bonds. The van der Waals surface area contributed by atoms with Crippen LogP contribution in [0.5, 0.6) is 0 Å². The monoisotopic (exact) mass is 252 g/mol. The first-order chi connectivity index (χ1) is 8.63. The van der Waals surface area contributed by atoms with Crippen molar-refractivity contribution in [3.8, 4) is 0 Å². The lowest BCUT2D eigenvalue weighted by Gasteiger charge is -2.09. The Labute approximate surface area is 107 Å². The Balaban J connectivity index is 2.31. The Bertz CT molecular complexity index is 394. The number of nitrogens with two attached hydrogens (primary N) is 1. The van der Waals surface area contributed by atoms with E-state index >= 15 is 0 Å². The number of aryl methyl sites for hydroxylation is 1. The molecule has 0 aromatic heterocycles. The second kappa shape index (κ2) is 7.68. The molecule has 0 atom stereocenters. The Kier molecular flexibility index (Phi) is 6.18. The van der Waals surface area contributed by atoms with Gasteiger partial charge in [-0.05, 0) is 31.0 Å². The van der Waals surface area contributed by atoms with E-state index < -0.39 is 0 Å². The smallest absolute Gasteiger partial charge is 0.250 e. The van der Waals surface area contributed by atoms with Crippen molar-refractivity contribution in [2.45, 2.75) is 13.3 Å². The van der Waals surface area contributed by atoms with E-state index in [1.165, 1.54) is 0 Å². The maximum Gasteiger partial charge on any atom is 0.250 e. The van der Waals surface area contributed by atoms with Crippen LogP contribution >= 0.6 is 0 Å². The summed E-state index contributed by atoms with van der Waals surface area (Å²) >= 11 is 0. The number of methoxy groups -OCH3 is 1. The molecule has 0 aliphatic rings. The molecular weight excluding hydrogens is 232 g/mol. The van der Waals surface area contributed by atoms with Crippen LogP contribution in [0.1, 0.15) is 12.0 Å². The van der Waals surface area contributed by atoms with Crippen LogP contribution in [0.25, 0.3) is 0 Å². The number of anilines is 2. The highest BCUT2D eigenvalue weighted by molar-refractivity contribution is 5.94. The van der Waals surface area contributed by atoms with Crippen molar-refractivity contribution >= 4 is 17.3 Å². The molecule has 0 aliphatic carbocycles. The summed E-state index contributed by atoms with van der Waals surface area (Å²) in [7, 11) is 1.63. The Morgan fingerprint density at radius 2 is 2.17 bits per heavy atom. The maximum absolute atomic E-state index is 11.6. The van der Waals surface area contributed by atoms with Gasteiger partial charge in [-0.3, -0.25) is 4.79 Å². The second-order valence-corrected chi connectivity index (χ2v) is 4.04. The lowest BCUT2D eigenvalue weighted by Crippen LogP contribution is -2.19. The fraction of sp³-hybridized carbons (Fsp3) is 0.462. The second-order valence-electron chi connectivity index (χ2n) is 4.04. The molecule has 100 valence electrons. The number of amides is 1. The predicted octanol–water partition coefficient (Wildman–Crippen LogP) is 1.57. The first-order valence-corrected chi connectivity index (χ1v) is 5.86. The molecule has 5 nitrogen and oxygen atoms in total. The molecule has 0 unspecified atom stereocenters. The normalized spacial score (nSPS) is 10.3. The van der Waals surface area contributed by atoms with Gasteiger partial charge in [0.1, 0.15) is 6.61 Å². The molecule has 1 rings (SSSR count). The van der Waals surface area contributed by atoms with Crippen LogP contribution in [0.15, 0.2) is 18.2 Å². The van der Waals surface area contributed by atoms with Gasteiger partial charge in [0, 0.05) is 20.3 Å². The molecule has 3 N–H and O–H groups in total. The van der Waals surface area contributed by atoms with Crippen molar-refractivity contribution < 1.29 is 14.3 Å². The number of benzene rings is 1. The molecule has 0 radical (unpaired) electrons. The van der Waals surface area contributed by atoms with E-state index in [0.717, 1.165) is 12.0 Å². The fourth-order valence-corrected chi connectivity index (χ4v) is 1.45. The highest BCUT2D eigenvalue weighted by Gasteiger charge is 2.05. The first kappa shape index (κ1) is 14.5. The molecule has 5 heteroatoms. The van der Waals surface area contributed by atoms with E-state index in [-0.39, 0.29) is 12.5 Å². The van der Waals surface area contributed by atoms with Gasteiger partial charge in [0.15, 0.2) is 0 Å². The SMILES string of the molecule is COCCCOCC(=O)Nc1ccc(C)cc1N. The Morgan fingerprint density at radius 1 is 1.39 bits per heavy atom. The van der Waals surface area contributed by atoms with Crippen molar-refractivity contribution in [2.24, 2.45) is 0 Å². The van der Waals surface area contributed by atoms with Crippen molar-refractivity contribution in [1.29, 1.82) is 0 Å². The molecule has 18 heavy (non-hydrogen) atoms. The zero-order valence-corrected chi connectivity index (χ0v) is 10.9. The summed E-state index contributed by atoms with van der Waals surface area (Å²) in [5.74, 6) is -0.206. The minimum atomic E-state index is -0.206. The van der Waals surface area contributed by atoms with E-state index in [0.29, 0.717) is 24.6 Å². The third-order valence-corrected chi connectivity index (χ3v) is 2.35. The molecule has 0 spiro atoms. The van der Waals surface area contributed by atoms with Crippen molar-refractivity contribution in [3.05, 3.63) is 23.8 Å². The van der Waals surface area contributed by atoms with Crippen molar-refractivity contribution in [3.63, 3.8) is 0 Å². The van der Waals surface area contributed by atoms with Crippen LogP contribution in [-0.4, -0.2) is 32.8 Å². The van der Waals surface area contributed by atoms with Gasteiger partial charge in [0.2, 0.25) is 5.91 Å². The topological polar surface area (TPSA) is 73.6 Å². The van der Waals surface area contributed by atoms with Gasteiger partial charge >= 0.3 is 0 Å².